The summed E-state index contributed by atoms with van der Waals surface area (Å²) >= 11 is 1.43. The molecule has 1 aliphatic carbocycles. The Morgan fingerprint density at radius 1 is 1.65 bits per heavy atom. The van der Waals surface area contributed by atoms with Crippen molar-refractivity contribution in [3.05, 3.63) is 5.82 Å². The Morgan fingerprint density at radius 2 is 2.41 bits per heavy atom. The average Bonchev–Trinajstić information content (AvgIpc) is 3.09. The van der Waals surface area contributed by atoms with Crippen LogP contribution in [-0.4, -0.2) is 33.5 Å². The lowest BCUT2D eigenvalue weighted by Crippen LogP contribution is -2.27. The zero-order valence-corrected chi connectivity index (χ0v) is 10.7. The Bertz CT molecular complexity index is 401. The monoisotopic (exact) mass is 255 g/mol. The predicted octanol–water partition coefficient (Wildman–Crippen LogP) is 1.38. The number of hydrogen-bond donors (Lipinski definition) is 2. The fourth-order valence-corrected chi connectivity index (χ4v) is 2.39. The fourth-order valence-electron chi connectivity index (χ4n) is 1.55. The summed E-state index contributed by atoms with van der Waals surface area (Å²) in [5.74, 6) is 1.81. The summed E-state index contributed by atoms with van der Waals surface area (Å²) < 4.78 is 4.37. The molecule has 1 aliphatic rings. The van der Waals surface area contributed by atoms with E-state index in [0.717, 1.165) is 17.5 Å². The predicted molar refractivity (Wildman–Crippen MR) is 67.8 cm³/mol. The first kappa shape index (κ1) is 12.1. The molecule has 1 heterocycles. The number of anilines is 1. The molecule has 17 heavy (non-hydrogen) atoms. The summed E-state index contributed by atoms with van der Waals surface area (Å²) in [6.45, 7) is 3.61. The van der Waals surface area contributed by atoms with E-state index < -0.39 is 0 Å². The molecule has 7 heteroatoms. The highest BCUT2D eigenvalue weighted by atomic mass is 32.1. The van der Waals surface area contributed by atoms with Crippen LogP contribution in [0.1, 0.15) is 37.9 Å². The maximum absolute atomic E-state index is 8.50. The molecule has 0 aromatic carbocycles. The summed E-state index contributed by atoms with van der Waals surface area (Å²) in [5, 5.41) is 12.4. The molecule has 0 unspecified atom stereocenters. The van der Waals surface area contributed by atoms with Crippen LogP contribution in [0.4, 0.5) is 5.13 Å². The van der Waals surface area contributed by atoms with E-state index in [9.17, 15) is 0 Å². The third-order valence-electron chi connectivity index (χ3n) is 2.79. The molecule has 3 N–H and O–H groups in total. The standard InChI is InChI=1S/C10H17N5OS/c1-2-15(6-5-8(11)13-16)10-12-9(14-17-10)7-3-4-7/h7,16H,2-6H2,1H3,(H2,11,13). The van der Waals surface area contributed by atoms with Crippen LogP contribution in [-0.2, 0) is 0 Å². The third kappa shape index (κ3) is 3.06. The zero-order chi connectivity index (χ0) is 12.3. The molecule has 1 fully saturated rings. The lowest BCUT2D eigenvalue weighted by molar-refractivity contribution is 0.317. The Hall–Kier alpha value is -1.37. The molecule has 6 nitrogen and oxygen atoms in total. The van der Waals surface area contributed by atoms with Crippen LogP contribution >= 0.6 is 11.5 Å². The highest BCUT2D eigenvalue weighted by molar-refractivity contribution is 7.09. The van der Waals surface area contributed by atoms with E-state index in [4.69, 9.17) is 10.9 Å². The van der Waals surface area contributed by atoms with Gasteiger partial charge in [0, 0.05) is 37.0 Å². The fraction of sp³-hybridized carbons (Fsp3) is 0.700. The molecule has 0 radical (unpaired) electrons. The van der Waals surface area contributed by atoms with Crippen LogP contribution < -0.4 is 10.6 Å². The molecule has 0 aliphatic heterocycles. The van der Waals surface area contributed by atoms with E-state index in [-0.39, 0.29) is 5.84 Å². The van der Waals surface area contributed by atoms with Crippen molar-refractivity contribution in [2.24, 2.45) is 10.9 Å². The summed E-state index contributed by atoms with van der Waals surface area (Å²) in [6, 6.07) is 0. The van der Waals surface area contributed by atoms with Crippen molar-refractivity contribution in [3.8, 4) is 0 Å². The number of oxime groups is 1. The van der Waals surface area contributed by atoms with Crippen LogP contribution in [0.25, 0.3) is 0 Å². The number of aromatic nitrogens is 2. The smallest absolute Gasteiger partial charge is 0.205 e. The molecule has 0 spiro atoms. The van der Waals surface area contributed by atoms with Crippen LogP contribution in [0, 0.1) is 0 Å². The topological polar surface area (TPSA) is 87.6 Å². The molecule has 1 saturated carbocycles. The summed E-state index contributed by atoms with van der Waals surface area (Å²) in [5.41, 5.74) is 5.46. The Kier molecular flexibility index (Phi) is 3.78. The van der Waals surface area contributed by atoms with Gasteiger partial charge < -0.3 is 15.8 Å². The van der Waals surface area contributed by atoms with Crippen molar-refractivity contribution < 1.29 is 5.21 Å². The quantitative estimate of drug-likeness (QED) is 0.347. The van der Waals surface area contributed by atoms with Gasteiger partial charge in [0.2, 0.25) is 5.13 Å². The first-order chi connectivity index (χ1) is 8.24. The second-order valence-electron chi connectivity index (χ2n) is 4.13. The van der Waals surface area contributed by atoms with Gasteiger partial charge in [0.05, 0.1) is 0 Å². The number of rotatable bonds is 6. The van der Waals surface area contributed by atoms with Crippen molar-refractivity contribution in [2.75, 3.05) is 18.0 Å². The van der Waals surface area contributed by atoms with Crippen molar-refractivity contribution in [3.63, 3.8) is 0 Å². The van der Waals surface area contributed by atoms with Gasteiger partial charge in [-0.3, -0.25) is 0 Å². The minimum Gasteiger partial charge on any atom is -0.409 e. The molecule has 1 aromatic rings. The summed E-state index contributed by atoms with van der Waals surface area (Å²) in [7, 11) is 0. The van der Waals surface area contributed by atoms with Crippen molar-refractivity contribution >= 4 is 22.5 Å². The van der Waals surface area contributed by atoms with Crippen molar-refractivity contribution in [2.45, 2.75) is 32.1 Å². The molecule has 0 saturated heterocycles. The van der Waals surface area contributed by atoms with Gasteiger partial charge in [-0.1, -0.05) is 5.16 Å². The molecule has 0 bridgehead atoms. The number of nitrogens with two attached hydrogens (primary N) is 1. The molecule has 2 rings (SSSR count). The normalized spacial score (nSPS) is 16.2. The maximum Gasteiger partial charge on any atom is 0.205 e. The lowest BCUT2D eigenvalue weighted by Gasteiger charge is -2.18. The molecule has 0 amide bonds. The molecular weight excluding hydrogens is 238 g/mol. The van der Waals surface area contributed by atoms with Crippen LogP contribution in [0.15, 0.2) is 5.16 Å². The van der Waals surface area contributed by atoms with Gasteiger partial charge in [0.25, 0.3) is 0 Å². The lowest BCUT2D eigenvalue weighted by atomic mass is 10.3. The summed E-state index contributed by atoms with van der Waals surface area (Å²) in [6.07, 6.45) is 2.96. The number of amidine groups is 1. The SMILES string of the molecule is CCN(CCC(N)=NO)c1nc(C2CC2)ns1. The Labute approximate surface area is 104 Å². The van der Waals surface area contributed by atoms with Crippen molar-refractivity contribution in [1.29, 1.82) is 0 Å². The number of nitrogens with zero attached hydrogens (tertiary/aromatic N) is 4. The van der Waals surface area contributed by atoms with Crippen LogP contribution in [0.5, 0.6) is 0 Å². The zero-order valence-electron chi connectivity index (χ0n) is 9.83. The van der Waals surface area contributed by atoms with E-state index in [0.29, 0.717) is 18.9 Å². The minimum absolute atomic E-state index is 0.246. The van der Waals surface area contributed by atoms with Crippen LogP contribution in [0.3, 0.4) is 0 Å². The van der Waals surface area contributed by atoms with E-state index in [1.54, 1.807) is 0 Å². The van der Waals surface area contributed by atoms with E-state index in [1.807, 2.05) is 0 Å². The molecular formula is C10H17N5OS. The number of hydrogen-bond acceptors (Lipinski definition) is 6. The maximum atomic E-state index is 8.50. The first-order valence-electron chi connectivity index (χ1n) is 5.79. The summed E-state index contributed by atoms with van der Waals surface area (Å²) in [4.78, 5) is 6.64. The van der Waals surface area contributed by atoms with Gasteiger partial charge in [0.1, 0.15) is 11.7 Å². The second-order valence-corrected chi connectivity index (χ2v) is 4.86. The second kappa shape index (κ2) is 5.31. The third-order valence-corrected chi connectivity index (χ3v) is 3.58. The van der Waals surface area contributed by atoms with Gasteiger partial charge >= 0.3 is 0 Å². The van der Waals surface area contributed by atoms with Gasteiger partial charge in [-0.05, 0) is 19.8 Å². The van der Waals surface area contributed by atoms with E-state index in [2.05, 4.69) is 26.3 Å². The first-order valence-corrected chi connectivity index (χ1v) is 6.57. The largest absolute Gasteiger partial charge is 0.409 e. The Balaban J connectivity index is 1.95. The highest BCUT2D eigenvalue weighted by Crippen LogP contribution is 2.39. The average molecular weight is 255 g/mol. The van der Waals surface area contributed by atoms with Crippen LogP contribution in [0.2, 0.25) is 0 Å². The van der Waals surface area contributed by atoms with Crippen molar-refractivity contribution in [1.82, 2.24) is 9.36 Å². The Morgan fingerprint density at radius 3 is 3.00 bits per heavy atom. The van der Waals surface area contributed by atoms with Gasteiger partial charge in [-0.15, -0.1) is 0 Å². The highest BCUT2D eigenvalue weighted by Gasteiger charge is 2.28. The van der Waals surface area contributed by atoms with E-state index in [1.165, 1.54) is 24.4 Å². The molecule has 0 atom stereocenters. The minimum atomic E-state index is 0.246. The molecule has 94 valence electrons. The van der Waals surface area contributed by atoms with Gasteiger partial charge in [0.15, 0.2) is 0 Å². The van der Waals surface area contributed by atoms with Gasteiger partial charge in [-0.25, -0.2) is 4.98 Å². The molecule has 1 aromatic heterocycles. The van der Waals surface area contributed by atoms with Gasteiger partial charge in [-0.2, -0.15) is 4.37 Å². The van der Waals surface area contributed by atoms with E-state index >= 15 is 0 Å².